The number of hydrogen-bond acceptors (Lipinski definition) is 6. The summed E-state index contributed by atoms with van der Waals surface area (Å²) in [4.78, 5) is 9.07. The van der Waals surface area contributed by atoms with Crippen LogP contribution in [0.1, 0.15) is 17.5 Å². The van der Waals surface area contributed by atoms with Crippen LogP contribution in [0, 0.1) is 24.0 Å². The van der Waals surface area contributed by atoms with Gasteiger partial charge < -0.3 is 10.5 Å². The lowest BCUT2D eigenvalue weighted by Gasteiger charge is -2.08. The summed E-state index contributed by atoms with van der Waals surface area (Å²) >= 11 is 0. The second-order valence-corrected chi connectivity index (χ2v) is 7.96. The number of aryl methyl sites for hydroxylation is 2. The molecule has 26 heavy (non-hydrogen) atoms. The van der Waals surface area contributed by atoms with E-state index in [0.29, 0.717) is 13.2 Å². The second-order valence-electron chi connectivity index (χ2n) is 5.42. The molecule has 0 fully saturated rings. The maximum absolute atomic E-state index is 10.8. The first-order chi connectivity index (χ1) is 12.2. The summed E-state index contributed by atoms with van der Waals surface area (Å²) in [7, 11) is 0.928. The zero-order chi connectivity index (χ0) is 19.7. The number of nitrogens with zero attached hydrogens (tertiary/aromatic N) is 1. The van der Waals surface area contributed by atoms with Crippen molar-refractivity contribution in [2.75, 3.05) is 13.2 Å². The first-order valence-electron chi connectivity index (χ1n) is 7.75. The molecule has 0 saturated heterocycles. The van der Waals surface area contributed by atoms with Crippen LogP contribution < -0.4 is 10.5 Å². The van der Waals surface area contributed by atoms with Crippen LogP contribution in [0.5, 0.6) is 5.75 Å². The Kier molecular flexibility index (Phi) is 8.50. The van der Waals surface area contributed by atoms with Crippen LogP contribution in [0.25, 0.3) is 0 Å². The fraction of sp³-hybridized carbons (Fsp3) is 0.294. The minimum Gasteiger partial charge on any atom is -0.493 e. The molecule has 0 radical (unpaired) electrons. The molecule has 0 unspecified atom stereocenters. The van der Waals surface area contributed by atoms with E-state index in [1.54, 1.807) is 0 Å². The summed E-state index contributed by atoms with van der Waals surface area (Å²) in [6.07, 6.45) is 0.910. The molecule has 0 aliphatic heterocycles. The normalized spacial score (nSPS) is 10.6. The first-order valence-corrected chi connectivity index (χ1v) is 10.1. The SMILES string of the molecule is Cc1ccc(OCCCN)c(C)c1.O=[N+]([O-])c1ccccc1S(=O)(=O)Cl. The van der Waals surface area contributed by atoms with Gasteiger partial charge in [0.05, 0.1) is 11.5 Å². The van der Waals surface area contributed by atoms with E-state index in [4.69, 9.17) is 21.2 Å². The summed E-state index contributed by atoms with van der Waals surface area (Å²) < 4.78 is 27.2. The molecule has 9 heteroatoms. The van der Waals surface area contributed by atoms with Crippen LogP contribution in [-0.2, 0) is 9.05 Å². The molecular formula is C17H21ClN2O5S. The van der Waals surface area contributed by atoms with Gasteiger partial charge in [-0.15, -0.1) is 0 Å². The number of nitrogens with two attached hydrogens (primary N) is 1. The number of ether oxygens (including phenoxy) is 1. The zero-order valence-corrected chi connectivity index (χ0v) is 16.1. The lowest BCUT2D eigenvalue weighted by atomic mass is 10.1. The van der Waals surface area contributed by atoms with Crippen molar-refractivity contribution in [3.8, 4) is 5.75 Å². The molecule has 0 aliphatic rings. The Morgan fingerprint density at radius 3 is 2.35 bits per heavy atom. The van der Waals surface area contributed by atoms with E-state index >= 15 is 0 Å². The van der Waals surface area contributed by atoms with Crippen LogP contribution in [-0.4, -0.2) is 26.5 Å². The monoisotopic (exact) mass is 400 g/mol. The van der Waals surface area contributed by atoms with Gasteiger partial charge in [0.15, 0.2) is 4.90 Å². The topological polar surface area (TPSA) is 113 Å². The molecule has 0 amide bonds. The minimum absolute atomic E-state index is 0.485. The van der Waals surface area contributed by atoms with Crippen molar-refractivity contribution in [1.82, 2.24) is 0 Å². The van der Waals surface area contributed by atoms with E-state index in [9.17, 15) is 18.5 Å². The molecule has 0 atom stereocenters. The lowest BCUT2D eigenvalue weighted by molar-refractivity contribution is -0.387. The van der Waals surface area contributed by atoms with E-state index in [-0.39, 0.29) is 0 Å². The van der Waals surface area contributed by atoms with Gasteiger partial charge in [-0.25, -0.2) is 8.42 Å². The minimum atomic E-state index is -4.05. The summed E-state index contributed by atoms with van der Waals surface area (Å²) in [5.41, 5.74) is 7.32. The van der Waals surface area contributed by atoms with Gasteiger partial charge in [0, 0.05) is 16.7 Å². The number of para-hydroxylation sites is 1. The first kappa shape index (κ1) is 21.9. The zero-order valence-electron chi connectivity index (χ0n) is 14.5. The third-order valence-corrected chi connectivity index (χ3v) is 4.63. The largest absolute Gasteiger partial charge is 0.493 e. The molecule has 2 aromatic rings. The molecule has 2 N–H and O–H groups in total. The maximum Gasteiger partial charge on any atom is 0.289 e. The second kappa shape index (κ2) is 10.1. The van der Waals surface area contributed by atoms with Gasteiger partial charge in [-0.1, -0.05) is 29.8 Å². The van der Waals surface area contributed by atoms with Crippen molar-refractivity contribution >= 4 is 25.4 Å². The van der Waals surface area contributed by atoms with Gasteiger partial charge >= 0.3 is 0 Å². The summed E-state index contributed by atoms with van der Waals surface area (Å²) in [5, 5.41) is 10.4. The van der Waals surface area contributed by atoms with E-state index in [1.165, 1.54) is 23.3 Å². The third kappa shape index (κ3) is 6.99. The fourth-order valence-corrected chi connectivity index (χ4v) is 3.07. The molecule has 0 spiro atoms. The highest BCUT2D eigenvalue weighted by Gasteiger charge is 2.22. The van der Waals surface area contributed by atoms with Gasteiger partial charge in [-0.05, 0) is 44.5 Å². The summed E-state index contributed by atoms with van der Waals surface area (Å²) in [6.45, 7) is 5.53. The molecule has 0 bridgehead atoms. The Labute approximate surface area is 157 Å². The smallest absolute Gasteiger partial charge is 0.289 e. The predicted octanol–water partition coefficient (Wildman–Crippen LogP) is 3.55. The highest BCUT2D eigenvalue weighted by Crippen LogP contribution is 2.25. The molecule has 142 valence electrons. The number of nitro benzene ring substituents is 1. The van der Waals surface area contributed by atoms with Gasteiger partial charge in [-0.2, -0.15) is 0 Å². The van der Waals surface area contributed by atoms with Crippen LogP contribution in [0.2, 0.25) is 0 Å². The molecule has 0 heterocycles. The van der Waals surface area contributed by atoms with Crippen molar-refractivity contribution in [2.45, 2.75) is 25.2 Å². The third-order valence-electron chi connectivity index (χ3n) is 3.26. The molecule has 0 aliphatic carbocycles. The fourth-order valence-electron chi connectivity index (χ4n) is 2.04. The van der Waals surface area contributed by atoms with Crippen molar-refractivity contribution in [1.29, 1.82) is 0 Å². The molecule has 0 aromatic heterocycles. The van der Waals surface area contributed by atoms with Gasteiger partial charge in [0.25, 0.3) is 14.7 Å². The van der Waals surface area contributed by atoms with Gasteiger partial charge in [-0.3, -0.25) is 10.1 Å². The summed E-state index contributed by atoms with van der Waals surface area (Å²) in [6, 6.07) is 11.1. The number of benzene rings is 2. The van der Waals surface area contributed by atoms with E-state index in [2.05, 4.69) is 26.0 Å². The van der Waals surface area contributed by atoms with E-state index in [0.717, 1.165) is 24.3 Å². The highest BCUT2D eigenvalue weighted by atomic mass is 35.7. The van der Waals surface area contributed by atoms with Crippen LogP contribution in [0.3, 0.4) is 0 Å². The predicted molar refractivity (Wildman–Crippen MR) is 101 cm³/mol. The van der Waals surface area contributed by atoms with Crippen LogP contribution >= 0.6 is 10.7 Å². The Hall–Kier alpha value is -2.16. The van der Waals surface area contributed by atoms with Gasteiger partial charge in [0.2, 0.25) is 0 Å². The molecule has 2 rings (SSSR count). The lowest BCUT2D eigenvalue weighted by Crippen LogP contribution is -2.06. The average molecular weight is 401 g/mol. The van der Waals surface area contributed by atoms with Gasteiger partial charge in [0.1, 0.15) is 5.75 Å². The summed E-state index contributed by atoms with van der Waals surface area (Å²) in [5.74, 6) is 0.971. The number of hydrogen-bond donors (Lipinski definition) is 1. The van der Waals surface area contributed by atoms with Crippen molar-refractivity contribution in [3.05, 3.63) is 63.7 Å². The van der Waals surface area contributed by atoms with E-state index in [1.807, 2.05) is 6.07 Å². The molecule has 7 nitrogen and oxygen atoms in total. The van der Waals surface area contributed by atoms with E-state index < -0.39 is 24.6 Å². The van der Waals surface area contributed by atoms with Crippen LogP contribution in [0.4, 0.5) is 5.69 Å². The molecule has 0 saturated carbocycles. The number of rotatable bonds is 6. The maximum atomic E-state index is 10.8. The number of nitro groups is 1. The quantitative estimate of drug-likeness (QED) is 0.343. The van der Waals surface area contributed by atoms with Crippen molar-refractivity contribution in [3.63, 3.8) is 0 Å². The van der Waals surface area contributed by atoms with Crippen molar-refractivity contribution < 1.29 is 18.1 Å². The number of halogens is 1. The Bertz CT molecular complexity index is 856. The van der Waals surface area contributed by atoms with Crippen molar-refractivity contribution in [2.24, 2.45) is 5.73 Å². The van der Waals surface area contributed by atoms with Crippen LogP contribution in [0.15, 0.2) is 47.4 Å². The molecular weight excluding hydrogens is 380 g/mol. The Morgan fingerprint density at radius 1 is 1.19 bits per heavy atom. The standard InChI is InChI=1S/C11H17NO.C6H4ClNO4S/c1-9-4-5-11(10(2)8-9)13-7-3-6-12;7-13(11,12)6-4-2-1-3-5(6)8(9)10/h4-5,8H,3,6-7,12H2,1-2H3;1-4H. The Balaban J connectivity index is 0.000000260. The highest BCUT2D eigenvalue weighted by molar-refractivity contribution is 8.13. The average Bonchev–Trinajstić information content (AvgIpc) is 2.57. The molecule has 2 aromatic carbocycles. The Morgan fingerprint density at radius 2 is 1.85 bits per heavy atom.